The van der Waals surface area contributed by atoms with Gasteiger partial charge in [0.05, 0.1) is 0 Å². The molecule has 1 aromatic rings. The van der Waals surface area contributed by atoms with Crippen molar-refractivity contribution in [2.75, 3.05) is 0 Å². The summed E-state index contributed by atoms with van der Waals surface area (Å²) in [5, 5.41) is 8.33. The van der Waals surface area contributed by atoms with E-state index >= 15 is 0 Å². The monoisotopic (exact) mass is 242 g/mol. The fourth-order valence-corrected chi connectivity index (χ4v) is 0.947. The van der Waals surface area contributed by atoms with E-state index in [4.69, 9.17) is 5.11 Å². The third-order valence-electron chi connectivity index (χ3n) is 1.46. The summed E-state index contributed by atoms with van der Waals surface area (Å²) in [4.78, 5) is 10.3. The predicted octanol–water partition coefficient (Wildman–Crippen LogP) is 2.56. The Morgan fingerprint density at radius 3 is 1.94 bits per heavy atom. The minimum Gasteiger partial charge on any atom is -0.477 e. The molecule has 1 rings (SSSR count). The van der Waals surface area contributed by atoms with Crippen LogP contribution < -0.4 is 4.74 Å². The number of carboxylic acids is 1. The molecule has 3 nitrogen and oxygen atoms in total. The molecule has 0 heterocycles. The molecule has 16 heavy (non-hydrogen) atoms. The second-order valence-corrected chi connectivity index (χ2v) is 2.61. The summed E-state index contributed by atoms with van der Waals surface area (Å²) in [5.41, 5.74) is -1.34. The molecular weight excluding hydrogens is 239 g/mol. The minimum absolute atomic E-state index is 0.139. The summed E-state index contributed by atoms with van der Waals surface area (Å²) < 4.78 is 64.0. The Balaban J connectivity index is 3.15. The van der Waals surface area contributed by atoms with Crippen LogP contribution in [0.5, 0.6) is 5.75 Å². The predicted molar refractivity (Wildman–Crippen MR) is 40.0 cm³/mol. The summed E-state index contributed by atoms with van der Waals surface area (Å²) >= 11 is 0. The number of hydrogen-bond donors (Lipinski definition) is 1. The molecule has 1 aromatic carbocycles. The molecule has 0 fully saturated rings. The van der Waals surface area contributed by atoms with Crippen molar-refractivity contribution in [3.63, 3.8) is 0 Å². The van der Waals surface area contributed by atoms with Crippen LogP contribution in [-0.4, -0.2) is 17.4 Å². The maximum Gasteiger partial charge on any atom is 0.573 e. The highest BCUT2D eigenvalue weighted by Crippen LogP contribution is 2.26. The number of carboxylic acid groups (broad SMARTS) is 1. The van der Waals surface area contributed by atoms with Crippen molar-refractivity contribution in [3.05, 3.63) is 29.3 Å². The SMILES string of the molecule is O=C(O)c1c(F)cc(OC(F)(F)F)cc1F. The third kappa shape index (κ3) is 2.81. The fraction of sp³-hybridized carbons (Fsp3) is 0.125. The topological polar surface area (TPSA) is 46.5 Å². The zero-order chi connectivity index (χ0) is 12.5. The maximum absolute atomic E-state index is 12.9. The highest BCUT2D eigenvalue weighted by atomic mass is 19.4. The molecule has 0 aromatic heterocycles. The molecule has 0 bridgehead atoms. The van der Waals surface area contributed by atoms with E-state index in [1.165, 1.54) is 0 Å². The van der Waals surface area contributed by atoms with E-state index in [1.54, 1.807) is 0 Å². The summed E-state index contributed by atoms with van der Waals surface area (Å²) in [6.07, 6.45) is -5.11. The standard InChI is InChI=1S/C8H3F5O3/c9-4-1-3(16-8(11,12)13)2-5(10)6(4)7(14)15/h1-2H,(H,14,15). The quantitative estimate of drug-likeness (QED) is 0.810. The van der Waals surface area contributed by atoms with Gasteiger partial charge >= 0.3 is 12.3 Å². The number of ether oxygens (including phenoxy) is 1. The summed E-state index contributed by atoms with van der Waals surface area (Å²) in [6, 6.07) is 0.278. The molecule has 88 valence electrons. The average Bonchev–Trinajstić information content (AvgIpc) is 1.96. The molecule has 0 aliphatic rings. The Bertz CT molecular complexity index is 403. The lowest BCUT2D eigenvalue weighted by Gasteiger charge is -2.09. The number of alkyl halides is 3. The van der Waals surface area contributed by atoms with Gasteiger partial charge in [0.1, 0.15) is 22.9 Å². The molecule has 1 N–H and O–H groups in total. The van der Waals surface area contributed by atoms with E-state index in [-0.39, 0.29) is 12.1 Å². The Morgan fingerprint density at radius 1 is 1.19 bits per heavy atom. The van der Waals surface area contributed by atoms with E-state index in [1.807, 2.05) is 0 Å². The lowest BCUT2D eigenvalue weighted by atomic mass is 10.2. The highest BCUT2D eigenvalue weighted by molar-refractivity contribution is 5.88. The van der Waals surface area contributed by atoms with E-state index in [0.717, 1.165) is 0 Å². The molecular formula is C8H3F5O3. The first kappa shape index (κ1) is 12.2. The molecule has 0 atom stereocenters. The number of hydrogen-bond acceptors (Lipinski definition) is 2. The molecule has 0 aliphatic carbocycles. The Labute approximate surface area is 85.1 Å². The van der Waals surface area contributed by atoms with Crippen LogP contribution in [-0.2, 0) is 0 Å². The molecule has 8 heteroatoms. The van der Waals surface area contributed by atoms with Gasteiger partial charge in [-0.15, -0.1) is 13.2 Å². The maximum atomic E-state index is 12.9. The van der Waals surface area contributed by atoms with Crippen LogP contribution in [0.4, 0.5) is 22.0 Å². The molecule has 0 saturated carbocycles. The van der Waals surface area contributed by atoms with Gasteiger partial charge in [-0.3, -0.25) is 0 Å². The third-order valence-corrected chi connectivity index (χ3v) is 1.46. The molecule has 0 amide bonds. The molecule has 0 unspecified atom stereocenters. The Morgan fingerprint density at radius 2 is 1.62 bits per heavy atom. The van der Waals surface area contributed by atoms with Gasteiger partial charge in [0.25, 0.3) is 0 Å². The van der Waals surface area contributed by atoms with Crippen LogP contribution in [0.1, 0.15) is 10.4 Å². The van der Waals surface area contributed by atoms with Crippen LogP contribution in [0.15, 0.2) is 12.1 Å². The summed E-state index contributed by atoms with van der Waals surface area (Å²) in [6.45, 7) is 0. The summed E-state index contributed by atoms with van der Waals surface area (Å²) in [5.74, 6) is -6.38. The van der Waals surface area contributed by atoms with Gasteiger partial charge in [0.2, 0.25) is 0 Å². The van der Waals surface area contributed by atoms with Gasteiger partial charge in [-0.05, 0) is 0 Å². The average molecular weight is 242 g/mol. The smallest absolute Gasteiger partial charge is 0.477 e. The van der Waals surface area contributed by atoms with Crippen LogP contribution in [0.3, 0.4) is 0 Å². The number of carbonyl (C=O) groups is 1. The summed E-state index contributed by atoms with van der Waals surface area (Å²) in [7, 11) is 0. The van der Waals surface area contributed by atoms with Crippen molar-refractivity contribution in [2.24, 2.45) is 0 Å². The second-order valence-electron chi connectivity index (χ2n) is 2.61. The number of halogens is 5. The molecule has 0 radical (unpaired) electrons. The van der Waals surface area contributed by atoms with Gasteiger partial charge in [0, 0.05) is 12.1 Å². The van der Waals surface area contributed by atoms with E-state index in [0.29, 0.717) is 0 Å². The van der Waals surface area contributed by atoms with Crippen molar-refractivity contribution in [1.82, 2.24) is 0 Å². The van der Waals surface area contributed by atoms with Crippen molar-refractivity contribution in [3.8, 4) is 5.75 Å². The minimum atomic E-state index is -5.11. The second kappa shape index (κ2) is 3.95. The van der Waals surface area contributed by atoms with Gasteiger partial charge in [-0.2, -0.15) is 0 Å². The molecule has 0 spiro atoms. The van der Waals surface area contributed by atoms with Crippen LogP contribution in [0.2, 0.25) is 0 Å². The lowest BCUT2D eigenvalue weighted by Crippen LogP contribution is -2.18. The van der Waals surface area contributed by atoms with Gasteiger partial charge in [-0.1, -0.05) is 0 Å². The van der Waals surface area contributed by atoms with Crippen molar-refractivity contribution in [2.45, 2.75) is 6.36 Å². The number of aromatic carboxylic acids is 1. The van der Waals surface area contributed by atoms with E-state index < -0.39 is 35.3 Å². The molecule has 0 aliphatic heterocycles. The number of rotatable bonds is 2. The first-order valence-corrected chi connectivity index (χ1v) is 3.69. The van der Waals surface area contributed by atoms with Gasteiger partial charge in [0.15, 0.2) is 0 Å². The Hall–Kier alpha value is -1.86. The lowest BCUT2D eigenvalue weighted by molar-refractivity contribution is -0.274. The van der Waals surface area contributed by atoms with Crippen LogP contribution >= 0.6 is 0 Å². The van der Waals surface area contributed by atoms with E-state index in [9.17, 15) is 26.7 Å². The van der Waals surface area contributed by atoms with Crippen LogP contribution in [0.25, 0.3) is 0 Å². The zero-order valence-corrected chi connectivity index (χ0v) is 7.31. The normalized spacial score (nSPS) is 11.3. The number of benzene rings is 1. The van der Waals surface area contributed by atoms with Crippen molar-refractivity contribution in [1.29, 1.82) is 0 Å². The van der Waals surface area contributed by atoms with Crippen LogP contribution in [0, 0.1) is 11.6 Å². The first-order chi connectivity index (χ1) is 7.20. The van der Waals surface area contributed by atoms with Gasteiger partial charge < -0.3 is 9.84 Å². The van der Waals surface area contributed by atoms with Crippen molar-refractivity contribution < 1.29 is 36.6 Å². The largest absolute Gasteiger partial charge is 0.573 e. The van der Waals surface area contributed by atoms with Crippen molar-refractivity contribution >= 4 is 5.97 Å². The van der Waals surface area contributed by atoms with E-state index in [2.05, 4.69) is 4.74 Å². The Kier molecular flexibility index (Phi) is 3.02. The zero-order valence-electron chi connectivity index (χ0n) is 7.31. The molecule has 0 saturated heterocycles. The highest BCUT2D eigenvalue weighted by Gasteiger charge is 2.32. The fourth-order valence-electron chi connectivity index (χ4n) is 0.947. The first-order valence-electron chi connectivity index (χ1n) is 3.69. The van der Waals surface area contributed by atoms with Gasteiger partial charge in [-0.25, -0.2) is 13.6 Å².